The molecule has 0 unspecified atom stereocenters. The van der Waals surface area contributed by atoms with Crippen LogP contribution >= 0.6 is 0 Å². The van der Waals surface area contributed by atoms with Crippen molar-refractivity contribution in [2.24, 2.45) is 0 Å². The van der Waals surface area contributed by atoms with Gasteiger partial charge in [0.25, 0.3) is 5.91 Å². The Morgan fingerprint density at radius 3 is 2.86 bits per heavy atom. The highest BCUT2D eigenvalue weighted by molar-refractivity contribution is 5.92. The minimum absolute atomic E-state index is 0.0430. The second-order valence-corrected chi connectivity index (χ2v) is 6.98. The number of fused-ring (bicyclic) bond motifs is 1. The maximum absolute atomic E-state index is 12.1. The van der Waals surface area contributed by atoms with E-state index in [1.54, 1.807) is 13.0 Å². The van der Waals surface area contributed by atoms with Crippen LogP contribution in [0.15, 0.2) is 16.8 Å². The van der Waals surface area contributed by atoms with Crippen LogP contribution in [0.25, 0.3) is 0 Å². The Bertz CT molecular complexity index is 693. The fourth-order valence-electron chi connectivity index (χ4n) is 2.66. The Hall–Kier alpha value is -2.11. The first kappa shape index (κ1) is 14.8. The van der Waals surface area contributed by atoms with Gasteiger partial charge in [-0.05, 0) is 13.3 Å². The zero-order chi connectivity index (χ0) is 15.9. The maximum atomic E-state index is 12.1. The molecule has 3 heterocycles. The fourth-order valence-corrected chi connectivity index (χ4v) is 2.66. The molecule has 0 aromatic carbocycles. The maximum Gasteiger partial charge on any atom is 0.273 e. The molecule has 2 aromatic heterocycles. The normalized spacial score (nSPS) is 18.1. The molecule has 0 spiro atoms. The summed E-state index contributed by atoms with van der Waals surface area (Å²) < 4.78 is 7.10. The molecule has 0 radical (unpaired) electrons. The third kappa shape index (κ3) is 2.91. The van der Waals surface area contributed by atoms with Crippen molar-refractivity contribution in [3.05, 3.63) is 35.2 Å². The lowest BCUT2D eigenvalue weighted by Crippen LogP contribution is -2.41. The molecular weight excluding hydrogens is 280 g/mol. The molecule has 0 aliphatic carbocycles. The first-order chi connectivity index (χ1) is 10.3. The van der Waals surface area contributed by atoms with Gasteiger partial charge in [-0.15, -0.1) is 0 Å². The number of hydrogen-bond acceptors (Lipinski definition) is 4. The summed E-state index contributed by atoms with van der Waals surface area (Å²) >= 11 is 0. The van der Waals surface area contributed by atoms with E-state index < -0.39 is 0 Å². The second-order valence-electron chi connectivity index (χ2n) is 6.98. The average molecular weight is 302 g/mol. The number of carbonyl (C=O) groups excluding carboxylic acids is 1. The number of rotatable bonds is 2. The van der Waals surface area contributed by atoms with E-state index in [4.69, 9.17) is 9.51 Å². The number of aryl methyl sites for hydroxylation is 2. The van der Waals surface area contributed by atoms with Crippen molar-refractivity contribution < 1.29 is 9.32 Å². The minimum Gasteiger partial charge on any atom is -0.361 e. The van der Waals surface area contributed by atoms with Gasteiger partial charge < -0.3 is 14.4 Å². The SMILES string of the molecule is Cc1cc(C(=O)N[C@H]2CCc3nc(C(C)(C)C)cn3C2)no1. The molecule has 1 N–H and O–H groups in total. The Labute approximate surface area is 129 Å². The van der Waals surface area contributed by atoms with Crippen LogP contribution in [0.3, 0.4) is 0 Å². The highest BCUT2D eigenvalue weighted by Crippen LogP contribution is 2.24. The zero-order valence-corrected chi connectivity index (χ0v) is 13.5. The van der Waals surface area contributed by atoms with Gasteiger partial charge in [0.2, 0.25) is 0 Å². The van der Waals surface area contributed by atoms with E-state index in [1.165, 1.54) is 0 Å². The number of imidazole rings is 1. The molecule has 1 atom stereocenters. The van der Waals surface area contributed by atoms with Crippen molar-refractivity contribution in [3.8, 4) is 0 Å². The second kappa shape index (κ2) is 5.26. The van der Waals surface area contributed by atoms with E-state index in [2.05, 4.69) is 42.0 Å². The summed E-state index contributed by atoms with van der Waals surface area (Å²) in [6.45, 7) is 9.01. The number of nitrogens with zero attached hydrogens (tertiary/aromatic N) is 3. The van der Waals surface area contributed by atoms with Gasteiger partial charge in [0, 0.05) is 36.7 Å². The van der Waals surface area contributed by atoms with E-state index >= 15 is 0 Å². The summed E-state index contributed by atoms with van der Waals surface area (Å²) in [6, 6.07) is 1.75. The molecule has 0 saturated carbocycles. The topological polar surface area (TPSA) is 73.0 Å². The van der Waals surface area contributed by atoms with Crippen LogP contribution in [0.4, 0.5) is 0 Å². The lowest BCUT2D eigenvalue weighted by atomic mass is 9.93. The first-order valence-electron chi connectivity index (χ1n) is 7.63. The predicted octanol–water partition coefficient (Wildman–Crippen LogP) is 2.22. The molecular formula is C16H22N4O2. The standard InChI is InChI=1S/C16H22N4O2/c1-10-7-12(19-22-10)15(21)17-11-5-6-14-18-13(16(2,3)4)9-20(14)8-11/h7,9,11H,5-6,8H2,1-4H3,(H,17,21)/t11-/m0/s1. The third-order valence-electron chi connectivity index (χ3n) is 3.96. The summed E-state index contributed by atoms with van der Waals surface area (Å²) in [4.78, 5) is 16.9. The number of amides is 1. The van der Waals surface area contributed by atoms with E-state index in [0.717, 1.165) is 30.9 Å². The molecule has 6 nitrogen and oxygen atoms in total. The number of carbonyl (C=O) groups is 1. The molecule has 22 heavy (non-hydrogen) atoms. The summed E-state index contributed by atoms with van der Waals surface area (Å²) in [5, 5.41) is 6.78. The quantitative estimate of drug-likeness (QED) is 0.923. The molecule has 0 saturated heterocycles. The van der Waals surface area contributed by atoms with E-state index in [1.807, 2.05) is 0 Å². The molecule has 1 aliphatic rings. The van der Waals surface area contributed by atoms with Crippen molar-refractivity contribution >= 4 is 5.91 Å². The number of nitrogens with one attached hydrogen (secondary N) is 1. The monoisotopic (exact) mass is 302 g/mol. The lowest BCUT2D eigenvalue weighted by Gasteiger charge is -2.24. The zero-order valence-electron chi connectivity index (χ0n) is 13.5. The molecule has 3 rings (SSSR count). The van der Waals surface area contributed by atoms with Gasteiger partial charge in [0.05, 0.1) is 5.69 Å². The van der Waals surface area contributed by atoms with Gasteiger partial charge >= 0.3 is 0 Å². The van der Waals surface area contributed by atoms with Gasteiger partial charge in [0.1, 0.15) is 11.6 Å². The summed E-state index contributed by atoms with van der Waals surface area (Å²) in [7, 11) is 0. The average Bonchev–Trinajstić information content (AvgIpc) is 3.03. The number of hydrogen-bond donors (Lipinski definition) is 1. The molecule has 0 bridgehead atoms. The molecule has 118 valence electrons. The Morgan fingerprint density at radius 1 is 1.45 bits per heavy atom. The van der Waals surface area contributed by atoms with Crippen LogP contribution in [0.1, 0.15) is 55.0 Å². The van der Waals surface area contributed by atoms with Crippen molar-refractivity contribution in [3.63, 3.8) is 0 Å². The van der Waals surface area contributed by atoms with Crippen LogP contribution in [-0.4, -0.2) is 26.7 Å². The van der Waals surface area contributed by atoms with Crippen molar-refractivity contribution in [1.29, 1.82) is 0 Å². The van der Waals surface area contributed by atoms with Crippen LogP contribution in [-0.2, 0) is 18.4 Å². The van der Waals surface area contributed by atoms with Gasteiger partial charge in [-0.25, -0.2) is 4.98 Å². The molecule has 0 fully saturated rings. The summed E-state index contributed by atoms with van der Waals surface area (Å²) in [6.07, 6.45) is 3.87. The predicted molar refractivity (Wildman–Crippen MR) is 81.7 cm³/mol. The van der Waals surface area contributed by atoms with Gasteiger partial charge in [0.15, 0.2) is 5.69 Å². The molecule has 1 aliphatic heterocycles. The van der Waals surface area contributed by atoms with Gasteiger partial charge in [-0.3, -0.25) is 4.79 Å². The van der Waals surface area contributed by atoms with Crippen molar-refractivity contribution in [1.82, 2.24) is 20.0 Å². The van der Waals surface area contributed by atoms with Crippen LogP contribution < -0.4 is 5.32 Å². The first-order valence-corrected chi connectivity index (χ1v) is 7.63. The van der Waals surface area contributed by atoms with Gasteiger partial charge in [-0.2, -0.15) is 0 Å². The Morgan fingerprint density at radius 2 is 2.23 bits per heavy atom. The van der Waals surface area contributed by atoms with Crippen LogP contribution in [0.2, 0.25) is 0 Å². The minimum atomic E-state index is -0.179. The fraction of sp³-hybridized carbons (Fsp3) is 0.562. The van der Waals surface area contributed by atoms with Crippen molar-refractivity contribution in [2.75, 3.05) is 0 Å². The van der Waals surface area contributed by atoms with E-state index in [9.17, 15) is 4.79 Å². The molecule has 6 heteroatoms. The summed E-state index contributed by atoms with van der Waals surface area (Å²) in [5.74, 6) is 1.56. The highest BCUT2D eigenvalue weighted by Gasteiger charge is 2.26. The lowest BCUT2D eigenvalue weighted by molar-refractivity contribution is 0.0918. The van der Waals surface area contributed by atoms with Gasteiger partial charge in [-0.1, -0.05) is 25.9 Å². The van der Waals surface area contributed by atoms with E-state index in [0.29, 0.717) is 11.5 Å². The van der Waals surface area contributed by atoms with Crippen molar-refractivity contribution in [2.45, 2.75) is 58.5 Å². The number of aromatic nitrogens is 3. The molecule has 2 aromatic rings. The molecule has 1 amide bonds. The van der Waals surface area contributed by atoms with E-state index in [-0.39, 0.29) is 17.4 Å². The third-order valence-corrected chi connectivity index (χ3v) is 3.96. The highest BCUT2D eigenvalue weighted by atomic mass is 16.5. The smallest absolute Gasteiger partial charge is 0.273 e. The largest absolute Gasteiger partial charge is 0.361 e. The van der Waals surface area contributed by atoms with Crippen LogP contribution in [0.5, 0.6) is 0 Å². The summed E-state index contributed by atoms with van der Waals surface area (Å²) in [5.41, 5.74) is 1.48. The van der Waals surface area contributed by atoms with Crippen LogP contribution in [0, 0.1) is 6.92 Å². The Balaban J connectivity index is 1.69. The Kier molecular flexibility index (Phi) is 3.54.